The van der Waals surface area contributed by atoms with Gasteiger partial charge >= 0.3 is 5.97 Å². The average Bonchev–Trinajstić information content (AvgIpc) is 3.19. The predicted molar refractivity (Wildman–Crippen MR) is 75.7 cm³/mol. The van der Waals surface area contributed by atoms with Gasteiger partial charge in [-0.15, -0.1) is 0 Å². The van der Waals surface area contributed by atoms with Crippen molar-refractivity contribution < 1.29 is 18.7 Å². The van der Waals surface area contributed by atoms with Crippen LogP contribution in [0.2, 0.25) is 0 Å². The molecule has 1 aliphatic carbocycles. The molecule has 0 spiro atoms. The highest BCUT2D eigenvalue weighted by atomic mass is 16.5. The highest BCUT2D eigenvalue weighted by Crippen LogP contribution is 2.25. The highest BCUT2D eigenvalue weighted by molar-refractivity contribution is 5.94. The molecule has 0 radical (unpaired) electrons. The van der Waals surface area contributed by atoms with Gasteiger partial charge in [-0.3, -0.25) is 4.79 Å². The Kier molecular flexibility index (Phi) is 4.27. The zero-order chi connectivity index (χ0) is 14.7. The number of ether oxygens (including phenoxy) is 1. The normalized spacial score (nSPS) is 23.2. The molecule has 2 fully saturated rings. The lowest BCUT2D eigenvalue weighted by atomic mass is 9.98. The van der Waals surface area contributed by atoms with Crippen molar-refractivity contribution in [2.45, 2.75) is 57.1 Å². The van der Waals surface area contributed by atoms with Gasteiger partial charge in [0.1, 0.15) is 12.1 Å². The summed E-state index contributed by atoms with van der Waals surface area (Å²) < 4.78 is 10.8. The second kappa shape index (κ2) is 6.33. The topological polar surface area (TPSA) is 59.8 Å². The zero-order valence-electron chi connectivity index (χ0n) is 12.1. The van der Waals surface area contributed by atoms with Crippen molar-refractivity contribution in [3.63, 3.8) is 0 Å². The SMILES string of the molecule is O=C(OC1CCCCC1)C1CCCN1C(=O)c1ccco1. The molecule has 1 aromatic heterocycles. The molecule has 1 saturated carbocycles. The summed E-state index contributed by atoms with van der Waals surface area (Å²) >= 11 is 0. The van der Waals surface area contributed by atoms with Gasteiger partial charge < -0.3 is 14.1 Å². The quantitative estimate of drug-likeness (QED) is 0.803. The molecule has 3 rings (SSSR count). The molecule has 1 atom stereocenters. The zero-order valence-corrected chi connectivity index (χ0v) is 12.1. The summed E-state index contributed by atoms with van der Waals surface area (Å²) in [5.74, 6) is -0.185. The van der Waals surface area contributed by atoms with Crippen LogP contribution in [-0.4, -0.2) is 35.5 Å². The van der Waals surface area contributed by atoms with E-state index in [-0.39, 0.29) is 23.7 Å². The maximum atomic E-state index is 12.4. The van der Waals surface area contributed by atoms with Gasteiger partial charge in [0.15, 0.2) is 5.76 Å². The maximum Gasteiger partial charge on any atom is 0.329 e. The number of nitrogens with zero attached hydrogens (tertiary/aromatic N) is 1. The summed E-state index contributed by atoms with van der Waals surface area (Å²) in [5.41, 5.74) is 0. The highest BCUT2D eigenvalue weighted by Gasteiger charge is 2.37. The number of hydrogen-bond donors (Lipinski definition) is 0. The van der Waals surface area contributed by atoms with Gasteiger partial charge in [-0.25, -0.2) is 4.79 Å². The Morgan fingerprint density at radius 1 is 1.14 bits per heavy atom. The van der Waals surface area contributed by atoms with Gasteiger partial charge in [0.25, 0.3) is 5.91 Å². The largest absolute Gasteiger partial charge is 0.461 e. The van der Waals surface area contributed by atoms with Crippen LogP contribution in [0.15, 0.2) is 22.8 Å². The van der Waals surface area contributed by atoms with E-state index < -0.39 is 6.04 Å². The van der Waals surface area contributed by atoms with Crippen molar-refractivity contribution in [1.29, 1.82) is 0 Å². The van der Waals surface area contributed by atoms with Crippen molar-refractivity contribution in [2.24, 2.45) is 0 Å². The van der Waals surface area contributed by atoms with Crippen molar-refractivity contribution >= 4 is 11.9 Å². The number of rotatable bonds is 3. The Labute approximate surface area is 124 Å². The Balaban J connectivity index is 1.63. The van der Waals surface area contributed by atoms with Gasteiger partial charge in [-0.1, -0.05) is 6.42 Å². The first-order valence-electron chi connectivity index (χ1n) is 7.80. The van der Waals surface area contributed by atoms with Gasteiger partial charge in [0, 0.05) is 6.54 Å². The third-order valence-corrected chi connectivity index (χ3v) is 4.35. The number of carbonyl (C=O) groups is 2. The van der Waals surface area contributed by atoms with Crippen LogP contribution in [0.1, 0.15) is 55.5 Å². The Morgan fingerprint density at radius 2 is 1.95 bits per heavy atom. The molecule has 114 valence electrons. The number of esters is 1. The van der Waals surface area contributed by atoms with Crippen LogP contribution in [0, 0.1) is 0 Å². The maximum absolute atomic E-state index is 12.4. The van der Waals surface area contributed by atoms with E-state index in [0.717, 1.165) is 32.1 Å². The van der Waals surface area contributed by atoms with E-state index in [2.05, 4.69) is 0 Å². The van der Waals surface area contributed by atoms with Gasteiger partial charge in [0.2, 0.25) is 0 Å². The molecule has 1 saturated heterocycles. The van der Waals surface area contributed by atoms with E-state index in [0.29, 0.717) is 13.0 Å². The number of likely N-dealkylation sites (tertiary alicyclic amines) is 1. The average molecular weight is 291 g/mol. The first-order chi connectivity index (χ1) is 10.3. The van der Waals surface area contributed by atoms with E-state index in [4.69, 9.17) is 9.15 Å². The van der Waals surface area contributed by atoms with Gasteiger partial charge in [-0.05, 0) is 50.7 Å². The fraction of sp³-hybridized carbons (Fsp3) is 0.625. The predicted octanol–water partition coefficient (Wildman–Crippen LogP) is 2.76. The minimum absolute atomic E-state index is 0.0346. The molecule has 5 heteroatoms. The number of hydrogen-bond acceptors (Lipinski definition) is 4. The molecule has 0 bridgehead atoms. The first kappa shape index (κ1) is 14.2. The van der Waals surface area contributed by atoms with E-state index >= 15 is 0 Å². The lowest BCUT2D eigenvalue weighted by molar-refractivity contribution is -0.155. The van der Waals surface area contributed by atoms with Crippen LogP contribution in [0.3, 0.4) is 0 Å². The van der Waals surface area contributed by atoms with Gasteiger partial charge in [-0.2, -0.15) is 0 Å². The first-order valence-corrected chi connectivity index (χ1v) is 7.80. The molecule has 1 amide bonds. The minimum Gasteiger partial charge on any atom is -0.461 e. The molecule has 1 aromatic rings. The fourth-order valence-electron chi connectivity index (χ4n) is 3.22. The van der Waals surface area contributed by atoms with Crippen LogP contribution in [0.25, 0.3) is 0 Å². The summed E-state index contributed by atoms with van der Waals surface area (Å²) in [6.45, 7) is 0.587. The number of amides is 1. The lowest BCUT2D eigenvalue weighted by Crippen LogP contribution is -2.42. The van der Waals surface area contributed by atoms with Crippen LogP contribution in [0.5, 0.6) is 0 Å². The fourth-order valence-corrected chi connectivity index (χ4v) is 3.22. The summed E-state index contributed by atoms with van der Waals surface area (Å²) in [6.07, 6.45) is 8.38. The molecule has 1 aliphatic heterocycles. The van der Waals surface area contributed by atoms with E-state index in [1.165, 1.54) is 12.7 Å². The molecular weight excluding hydrogens is 270 g/mol. The third-order valence-electron chi connectivity index (χ3n) is 4.35. The Bertz CT molecular complexity index is 490. The van der Waals surface area contributed by atoms with Crippen molar-refractivity contribution in [3.8, 4) is 0 Å². The monoisotopic (exact) mass is 291 g/mol. The summed E-state index contributed by atoms with van der Waals surface area (Å²) in [4.78, 5) is 26.3. The van der Waals surface area contributed by atoms with Crippen LogP contribution >= 0.6 is 0 Å². The second-order valence-corrected chi connectivity index (χ2v) is 5.83. The summed E-state index contributed by atoms with van der Waals surface area (Å²) in [7, 11) is 0. The van der Waals surface area contributed by atoms with Crippen molar-refractivity contribution in [1.82, 2.24) is 4.90 Å². The molecule has 0 N–H and O–H groups in total. The molecular formula is C16H21NO4. The molecule has 1 unspecified atom stereocenters. The molecule has 2 aliphatic rings. The molecule has 0 aromatic carbocycles. The lowest BCUT2D eigenvalue weighted by Gasteiger charge is -2.27. The van der Waals surface area contributed by atoms with Crippen LogP contribution in [0.4, 0.5) is 0 Å². The Morgan fingerprint density at radius 3 is 2.67 bits per heavy atom. The van der Waals surface area contributed by atoms with Crippen molar-refractivity contribution in [2.75, 3.05) is 6.54 Å². The van der Waals surface area contributed by atoms with E-state index in [1.54, 1.807) is 17.0 Å². The van der Waals surface area contributed by atoms with E-state index in [9.17, 15) is 9.59 Å². The van der Waals surface area contributed by atoms with Crippen molar-refractivity contribution in [3.05, 3.63) is 24.2 Å². The van der Waals surface area contributed by atoms with E-state index in [1.807, 2.05) is 0 Å². The van der Waals surface area contributed by atoms with Gasteiger partial charge in [0.05, 0.1) is 6.26 Å². The summed E-state index contributed by atoms with van der Waals surface area (Å²) in [6, 6.07) is 2.85. The third kappa shape index (κ3) is 3.12. The minimum atomic E-state index is -0.454. The Hall–Kier alpha value is -1.78. The molecule has 21 heavy (non-hydrogen) atoms. The number of carbonyl (C=O) groups excluding carboxylic acids is 2. The van der Waals surface area contributed by atoms with Crippen LogP contribution < -0.4 is 0 Å². The number of furan rings is 1. The standard InChI is InChI=1S/C16H21NO4/c18-15(14-9-5-11-20-14)17-10-4-8-13(17)16(19)21-12-6-2-1-3-7-12/h5,9,11-13H,1-4,6-8,10H2. The van der Waals surface area contributed by atoms with Crippen LogP contribution in [-0.2, 0) is 9.53 Å². The summed E-state index contributed by atoms with van der Waals surface area (Å²) in [5, 5.41) is 0. The molecule has 2 heterocycles. The second-order valence-electron chi connectivity index (χ2n) is 5.83. The molecule has 5 nitrogen and oxygen atoms in total. The smallest absolute Gasteiger partial charge is 0.329 e.